The zero-order valence-corrected chi connectivity index (χ0v) is 40.0. The van der Waals surface area contributed by atoms with Crippen molar-refractivity contribution < 1.29 is 100.0 Å². The van der Waals surface area contributed by atoms with Gasteiger partial charge in [0.15, 0.2) is 0 Å². The number of hydrogen-bond acceptors (Lipinski definition) is 20. The van der Waals surface area contributed by atoms with E-state index in [-0.39, 0.29) is 50.2 Å². The van der Waals surface area contributed by atoms with Gasteiger partial charge in [0.2, 0.25) is 47.3 Å². The van der Waals surface area contributed by atoms with Crippen LogP contribution in [0.25, 0.3) is 0 Å². The number of rotatable bonds is 37. The Bertz CT molecular complexity index is 1680. The summed E-state index contributed by atoms with van der Waals surface area (Å²) in [7, 11) is -0.703. The molecular formula is C42H76N8O20. The van der Waals surface area contributed by atoms with Crippen molar-refractivity contribution in [3.8, 4) is 0 Å². The molecule has 0 radical (unpaired) electrons. The molecule has 2 unspecified atom stereocenters. The van der Waals surface area contributed by atoms with E-state index in [1.165, 1.54) is 6.92 Å². The quantitative estimate of drug-likeness (QED) is 0.0257. The first kappa shape index (κ1) is 63.0. The Morgan fingerprint density at radius 3 is 1.59 bits per heavy atom. The van der Waals surface area contributed by atoms with Gasteiger partial charge in [-0.15, -0.1) is 0 Å². The van der Waals surface area contributed by atoms with Crippen molar-refractivity contribution in [2.45, 2.75) is 134 Å². The monoisotopic (exact) mass is 1010 g/mol. The maximum absolute atomic E-state index is 13.4. The van der Waals surface area contributed by atoms with Gasteiger partial charge in [-0.3, -0.25) is 43.2 Å². The van der Waals surface area contributed by atoms with E-state index in [1.54, 1.807) is 0 Å². The summed E-state index contributed by atoms with van der Waals surface area (Å²) in [6, 6.07) is -3.30. The molecule has 70 heavy (non-hydrogen) atoms. The van der Waals surface area contributed by atoms with E-state index in [2.05, 4.69) is 42.5 Å². The number of Topliss-reactive ketones (excluding diaryl/α,β-unsaturated/α-hetero) is 1. The number of ketones is 1. The minimum absolute atomic E-state index is 0.0160. The van der Waals surface area contributed by atoms with Gasteiger partial charge in [0.1, 0.15) is 48.4 Å². The van der Waals surface area contributed by atoms with E-state index in [1.807, 2.05) is 20.8 Å². The summed E-state index contributed by atoms with van der Waals surface area (Å²) in [5.74, 6) is -7.17. The highest BCUT2D eigenvalue weighted by Crippen LogP contribution is 2.14. The van der Waals surface area contributed by atoms with Gasteiger partial charge in [-0.25, -0.2) is 0 Å². The predicted molar refractivity (Wildman–Crippen MR) is 242 cm³/mol. The van der Waals surface area contributed by atoms with Gasteiger partial charge in [0.25, 0.3) is 0 Å². The molecule has 404 valence electrons. The summed E-state index contributed by atoms with van der Waals surface area (Å²) in [5, 5.41) is 107. The van der Waals surface area contributed by atoms with Crippen molar-refractivity contribution in [1.82, 2.24) is 42.5 Å². The molecule has 0 saturated heterocycles. The SMILES string of the molecule is [2H]COCC(NC(=O)CNC(=O)CNC(=O)CNC(=O)CNC(=O)CCNC(=O)CCOCC(C)(C)C)C(=O)NC(CCC(=O)CC[C@H](O)[C@@H](O)[C@H](O)[C@H](O)CC)C(=O)NC[C@H](O)[C@@H](O)[C@H](O)[C@H](O)CO. The van der Waals surface area contributed by atoms with Gasteiger partial charge in [-0.1, -0.05) is 27.7 Å². The Kier molecular flexibility index (Phi) is 31.6. The lowest BCUT2D eigenvalue weighted by atomic mass is 9.96. The summed E-state index contributed by atoms with van der Waals surface area (Å²) < 4.78 is 17.7. The van der Waals surface area contributed by atoms with Crippen LogP contribution in [0, 0.1) is 5.41 Å². The second kappa shape index (κ2) is 35.1. The van der Waals surface area contributed by atoms with Crippen molar-refractivity contribution in [2.24, 2.45) is 5.41 Å². The van der Waals surface area contributed by atoms with Crippen LogP contribution in [0.1, 0.15) is 74.0 Å². The zero-order chi connectivity index (χ0) is 54.3. The van der Waals surface area contributed by atoms with Crippen LogP contribution in [0.15, 0.2) is 0 Å². The molecule has 0 aromatic rings. The molecule has 28 nitrogen and oxygen atoms in total. The lowest BCUT2D eigenvalue weighted by Gasteiger charge is -2.27. The molecule has 0 aliphatic heterocycles. The molecule has 0 bridgehead atoms. The molecule has 0 fully saturated rings. The van der Waals surface area contributed by atoms with Crippen LogP contribution < -0.4 is 42.5 Å². The topological polar surface area (TPSA) is 450 Å². The normalized spacial score (nSPS) is 15.9. The first-order valence-corrected chi connectivity index (χ1v) is 22.5. The van der Waals surface area contributed by atoms with Gasteiger partial charge < -0.3 is 98.0 Å². The summed E-state index contributed by atoms with van der Waals surface area (Å²) in [4.78, 5) is 113. The molecule has 10 atom stereocenters. The fourth-order valence-electron chi connectivity index (χ4n) is 5.64. The second-order valence-corrected chi connectivity index (χ2v) is 17.3. The highest BCUT2D eigenvalue weighted by Gasteiger charge is 2.33. The standard InChI is InChI=1S/C42H76N8O20/c1-6-26(53)36(63)37(64)27(54)10-8-23(52)7-9-24(40(67)48-15-28(55)38(65)39(66)29(56)20-51)50-41(68)25(21-69-5)49-35(62)19-47-34(61)18-46-33(60)17-45-32(59)16-44-30(57)11-13-43-31(58)12-14-70-22-42(2,3)4/h24-29,36-39,51,53-56,63-66H,6-22H2,1-5H3,(H,43,58)(H,44,57)(H,45,59)(H,46,60)(H,47,61)(H,48,67)(H,49,62)(H,50,68)/t24?,25?,26-,27+,28+,29-,36-,37-,38-,39-/m1/s1/i5D. The lowest BCUT2D eigenvalue weighted by Crippen LogP contribution is -2.57. The number of carbonyl (C=O) groups excluding carboxylic acids is 9. The molecule has 0 rings (SSSR count). The summed E-state index contributed by atoms with van der Waals surface area (Å²) in [6.07, 6.45) is -16.2. The maximum atomic E-state index is 13.4. The molecule has 0 aromatic carbocycles. The number of carbonyl (C=O) groups is 9. The molecular weight excluding hydrogens is 936 g/mol. The highest BCUT2D eigenvalue weighted by molar-refractivity contribution is 5.94. The average Bonchev–Trinajstić information content (AvgIpc) is 3.33. The van der Waals surface area contributed by atoms with Crippen molar-refractivity contribution in [3.05, 3.63) is 0 Å². The van der Waals surface area contributed by atoms with E-state index < -0.39 is 180 Å². The Morgan fingerprint density at radius 2 is 1.04 bits per heavy atom. The first-order chi connectivity index (χ1) is 33.3. The van der Waals surface area contributed by atoms with Crippen molar-refractivity contribution in [1.29, 1.82) is 0 Å². The van der Waals surface area contributed by atoms with E-state index in [0.29, 0.717) is 6.61 Å². The Labute approximate surface area is 406 Å². The average molecular weight is 1010 g/mol. The third-order valence-electron chi connectivity index (χ3n) is 9.83. The first-order valence-electron chi connectivity index (χ1n) is 23.2. The van der Waals surface area contributed by atoms with E-state index in [4.69, 9.17) is 16.0 Å². The van der Waals surface area contributed by atoms with E-state index in [9.17, 15) is 84.0 Å². The molecule has 8 amide bonds. The fourth-order valence-corrected chi connectivity index (χ4v) is 5.64. The van der Waals surface area contributed by atoms with Gasteiger partial charge in [-0.05, 0) is 24.7 Å². The fraction of sp³-hybridized carbons (Fsp3) is 0.786. The van der Waals surface area contributed by atoms with Crippen molar-refractivity contribution >= 4 is 53.0 Å². The van der Waals surface area contributed by atoms with Gasteiger partial charge in [0.05, 0.1) is 72.3 Å². The summed E-state index contributed by atoms with van der Waals surface area (Å²) >= 11 is 0. The zero-order valence-electron chi connectivity index (χ0n) is 41.0. The van der Waals surface area contributed by atoms with Crippen LogP contribution in [0.2, 0.25) is 0 Å². The van der Waals surface area contributed by atoms with Crippen LogP contribution in [-0.2, 0) is 52.6 Å². The molecule has 0 spiro atoms. The number of aliphatic hydroxyl groups excluding tert-OH is 9. The maximum Gasteiger partial charge on any atom is 0.245 e. The number of hydrogen-bond donors (Lipinski definition) is 17. The minimum atomic E-state index is -2.08. The van der Waals surface area contributed by atoms with E-state index >= 15 is 0 Å². The molecule has 0 aliphatic carbocycles. The predicted octanol–water partition coefficient (Wildman–Crippen LogP) is -8.44. The summed E-state index contributed by atoms with van der Waals surface area (Å²) in [6.45, 7) is 3.20. The van der Waals surface area contributed by atoms with E-state index in [0.717, 1.165) is 0 Å². The van der Waals surface area contributed by atoms with Crippen LogP contribution in [-0.4, -0.2) is 233 Å². The molecule has 0 saturated carbocycles. The minimum Gasteiger partial charge on any atom is -0.394 e. The number of aliphatic hydroxyl groups is 9. The number of ether oxygens (including phenoxy) is 2. The van der Waals surface area contributed by atoms with Crippen LogP contribution >= 0.6 is 0 Å². The summed E-state index contributed by atoms with van der Waals surface area (Å²) in [5.41, 5.74) is -0.0491. The third-order valence-corrected chi connectivity index (χ3v) is 9.83. The largest absolute Gasteiger partial charge is 0.394 e. The molecule has 28 heteroatoms. The van der Waals surface area contributed by atoms with Gasteiger partial charge in [0, 0.05) is 45.9 Å². The Hall–Kier alpha value is -5.01. The van der Waals surface area contributed by atoms with Crippen LogP contribution in [0.5, 0.6) is 0 Å². The Balaban J connectivity index is 5.27. The van der Waals surface area contributed by atoms with Crippen molar-refractivity contribution in [3.63, 3.8) is 0 Å². The Morgan fingerprint density at radius 1 is 0.543 bits per heavy atom. The molecule has 0 aliphatic rings. The molecule has 0 heterocycles. The molecule has 17 N–H and O–H groups in total. The smallest absolute Gasteiger partial charge is 0.245 e. The molecule has 0 aromatic heterocycles. The highest BCUT2D eigenvalue weighted by atomic mass is 16.5. The van der Waals surface area contributed by atoms with Gasteiger partial charge in [-0.2, -0.15) is 0 Å². The second-order valence-electron chi connectivity index (χ2n) is 17.3. The lowest BCUT2D eigenvalue weighted by molar-refractivity contribution is -0.134. The number of amides is 8. The number of methoxy groups -OCH3 is 1. The third kappa shape index (κ3) is 29.2. The van der Waals surface area contributed by atoms with Crippen LogP contribution in [0.4, 0.5) is 0 Å². The van der Waals surface area contributed by atoms with Gasteiger partial charge >= 0.3 is 0 Å². The van der Waals surface area contributed by atoms with Crippen LogP contribution in [0.3, 0.4) is 0 Å². The van der Waals surface area contributed by atoms with Crippen molar-refractivity contribution in [2.75, 3.05) is 72.8 Å². The number of nitrogens with one attached hydrogen (secondary N) is 8.